The molecule has 1 rings (SSSR count). The molecule has 0 aliphatic carbocycles. The third kappa shape index (κ3) is 2.99. The maximum Gasteiger partial charge on any atom is 0.145 e. The number of hydrogen-bond donors (Lipinski definition) is 1. The molecule has 1 aromatic rings. The first-order valence-corrected chi connectivity index (χ1v) is 5.79. The molecule has 0 spiro atoms. The molecular weight excluding hydrogens is 280 g/mol. The molecule has 0 amide bonds. The maximum absolute atomic E-state index is 13.7. The van der Waals surface area contributed by atoms with Crippen LogP contribution in [0.3, 0.4) is 0 Å². The van der Waals surface area contributed by atoms with Gasteiger partial charge in [-0.25, -0.2) is 8.78 Å². The molecule has 0 saturated heterocycles. The van der Waals surface area contributed by atoms with Crippen molar-refractivity contribution in [1.82, 2.24) is 5.32 Å². The number of likely N-dealkylation sites (N-methyl/N-ethyl adjacent to an activating group) is 1. The molecule has 0 aliphatic rings. The Morgan fingerprint density at radius 1 is 1.44 bits per heavy atom. The van der Waals surface area contributed by atoms with Gasteiger partial charge in [-0.05, 0) is 42.0 Å². The van der Waals surface area contributed by atoms with Crippen LogP contribution < -0.4 is 5.32 Å². The molecule has 5 heteroatoms. The van der Waals surface area contributed by atoms with Crippen LogP contribution in [0.15, 0.2) is 16.6 Å². The highest BCUT2D eigenvalue weighted by atomic mass is 79.9. The lowest BCUT2D eigenvalue weighted by Crippen LogP contribution is -2.24. The molecule has 1 unspecified atom stereocenters. The van der Waals surface area contributed by atoms with E-state index in [1.807, 2.05) is 6.92 Å². The summed E-state index contributed by atoms with van der Waals surface area (Å²) in [5.74, 6) is -1.15. The third-order valence-electron chi connectivity index (χ3n) is 2.27. The summed E-state index contributed by atoms with van der Waals surface area (Å²) in [6.07, 6.45) is 0. The van der Waals surface area contributed by atoms with Gasteiger partial charge < -0.3 is 10.1 Å². The van der Waals surface area contributed by atoms with Crippen LogP contribution >= 0.6 is 15.9 Å². The lowest BCUT2D eigenvalue weighted by molar-refractivity contribution is 0.123. The van der Waals surface area contributed by atoms with Crippen molar-refractivity contribution < 1.29 is 13.5 Å². The van der Waals surface area contributed by atoms with E-state index in [-0.39, 0.29) is 16.6 Å². The van der Waals surface area contributed by atoms with Crippen molar-refractivity contribution >= 4 is 15.9 Å². The van der Waals surface area contributed by atoms with Crippen LogP contribution in [0.5, 0.6) is 0 Å². The van der Waals surface area contributed by atoms with Gasteiger partial charge in [-0.1, -0.05) is 0 Å². The maximum atomic E-state index is 13.7. The number of nitrogens with one attached hydrogen (secondary N) is 1. The summed E-state index contributed by atoms with van der Waals surface area (Å²) < 4.78 is 32.7. The minimum Gasteiger partial charge on any atom is -0.380 e. The summed E-state index contributed by atoms with van der Waals surface area (Å²) in [4.78, 5) is 0. The lowest BCUT2D eigenvalue weighted by atomic mass is 10.1. The second kappa shape index (κ2) is 6.27. The number of rotatable bonds is 5. The van der Waals surface area contributed by atoms with E-state index in [0.717, 1.165) is 0 Å². The Kier molecular flexibility index (Phi) is 5.31. The van der Waals surface area contributed by atoms with Crippen LogP contribution in [0.4, 0.5) is 8.78 Å². The zero-order valence-corrected chi connectivity index (χ0v) is 10.8. The van der Waals surface area contributed by atoms with Crippen LogP contribution in [0.2, 0.25) is 0 Å². The van der Waals surface area contributed by atoms with E-state index in [9.17, 15) is 8.78 Å². The average Bonchev–Trinajstić information content (AvgIpc) is 2.28. The van der Waals surface area contributed by atoms with E-state index in [1.54, 1.807) is 7.05 Å². The van der Waals surface area contributed by atoms with Crippen molar-refractivity contribution in [2.75, 3.05) is 20.3 Å². The molecule has 0 aromatic heterocycles. The molecule has 2 nitrogen and oxygen atoms in total. The first kappa shape index (κ1) is 13.5. The summed E-state index contributed by atoms with van der Waals surface area (Å²) in [7, 11) is 1.64. The summed E-state index contributed by atoms with van der Waals surface area (Å²) in [6, 6.07) is 2.10. The predicted octanol–water partition coefficient (Wildman–Crippen LogP) is 3.02. The average molecular weight is 294 g/mol. The molecule has 1 N–H and O–H groups in total. The van der Waals surface area contributed by atoms with Gasteiger partial charge in [0.05, 0.1) is 17.1 Å². The van der Waals surface area contributed by atoms with Crippen LogP contribution in [0.25, 0.3) is 0 Å². The third-order valence-corrected chi connectivity index (χ3v) is 2.88. The SMILES string of the molecule is CCOCC(NC)c1c(F)ccc(Br)c1F. The summed E-state index contributed by atoms with van der Waals surface area (Å²) in [5.41, 5.74) is 0.00493. The standard InChI is InChI=1S/C11H14BrF2NO/c1-3-16-6-9(15-2)10-8(13)5-4-7(12)11(10)14/h4-5,9,15H,3,6H2,1-2H3. The fourth-order valence-electron chi connectivity index (χ4n) is 1.41. The largest absolute Gasteiger partial charge is 0.380 e. The van der Waals surface area contributed by atoms with Gasteiger partial charge in [0.25, 0.3) is 0 Å². The predicted molar refractivity (Wildman–Crippen MR) is 62.4 cm³/mol. The monoisotopic (exact) mass is 293 g/mol. The van der Waals surface area contributed by atoms with Gasteiger partial charge in [0.2, 0.25) is 0 Å². The summed E-state index contributed by atoms with van der Waals surface area (Å²) in [6.45, 7) is 2.58. The first-order chi connectivity index (χ1) is 7.61. The minimum atomic E-state index is -0.584. The van der Waals surface area contributed by atoms with Gasteiger partial charge in [-0.15, -0.1) is 0 Å². The van der Waals surface area contributed by atoms with Gasteiger partial charge in [0.15, 0.2) is 0 Å². The highest BCUT2D eigenvalue weighted by Crippen LogP contribution is 2.26. The Labute approximate surface area is 102 Å². The fourth-order valence-corrected chi connectivity index (χ4v) is 1.75. The van der Waals surface area contributed by atoms with Gasteiger partial charge in [-0.3, -0.25) is 0 Å². The Balaban J connectivity index is 3.03. The summed E-state index contributed by atoms with van der Waals surface area (Å²) in [5, 5.41) is 2.84. The minimum absolute atomic E-state index is 0.00493. The Morgan fingerprint density at radius 3 is 2.69 bits per heavy atom. The van der Waals surface area contributed by atoms with Crippen molar-refractivity contribution in [3.8, 4) is 0 Å². The Bertz CT molecular complexity index is 360. The molecule has 0 heterocycles. The molecule has 0 bridgehead atoms. The van der Waals surface area contributed by atoms with Crippen LogP contribution in [-0.2, 0) is 4.74 Å². The van der Waals surface area contributed by atoms with E-state index >= 15 is 0 Å². The molecule has 16 heavy (non-hydrogen) atoms. The fraction of sp³-hybridized carbons (Fsp3) is 0.455. The molecule has 0 saturated carbocycles. The number of hydrogen-bond acceptors (Lipinski definition) is 2. The van der Waals surface area contributed by atoms with E-state index in [4.69, 9.17) is 4.74 Å². The normalized spacial score (nSPS) is 12.8. The zero-order chi connectivity index (χ0) is 12.1. The molecule has 0 radical (unpaired) electrons. The number of ether oxygens (including phenoxy) is 1. The first-order valence-electron chi connectivity index (χ1n) is 5.00. The quantitative estimate of drug-likeness (QED) is 0.843. The highest BCUT2D eigenvalue weighted by Gasteiger charge is 2.20. The lowest BCUT2D eigenvalue weighted by Gasteiger charge is -2.18. The van der Waals surface area contributed by atoms with E-state index in [0.29, 0.717) is 6.61 Å². The second-order valence-corrected chi connectivity index (χ2v) is 4.11. The van der Waals surface area contributed by atoms with E-state index < -0.39 is 17.7 Å². The van der Waals surface area contributed by atoms with Crippen LogP contribution in [0, 0.1) is 11.6 Å². The molecule has 90 valence electrons. The van der Waals surface area contributed by atoms with Crippen molar-refractivity contribution in [2.24, 2.45) is 0 Å². The van der Waals surface area contributed by atoms with Gasteiger partial charge >= 0.3 is 0 Å². The Morgan fingerprint density at radius 2 is 2.12 bits per heavy atom. The summed E-state index contributed by atoms with van der Waals surface area (Å²) >= 11 is 3.04. The van der Waals surface area contributed by atoms with Crippen molar-refractivity contribution in [3.05, 3.63) is 33.8 Å². The van der Waals surface area contributed by atoms with Gasteiger partial charge in [0, 0.05) is 12.2 Å². The van der Waals surface area contributed by atoms with Crippen molar-refractivity contribution in [2.45, 2.75) is 13.0 Å². The topological polar surface area (TPSA) is 21.3 Å². The number of halogens is 3. The van der Waals surface area contributed by atoms with Crippen LogP contribution in [-0.4, -0.2) is 20.3 Å². The van der Waals surface area contributed by atoms with Crippen molar-refractivity contribution in [3.63, 3.8) is 0 Å². The van der Waals surface area contributed by atoms with Gasteiger partial charge in [-0.2, -0.15) is 0 Å². The van der Waals surface area contributed by atoms with Gasteiger partial charge in [0.1, 0.15) is 11.6 Å². The van der Waals surface area contributed by atoms with E-state index in [2.05, 4.69) is 21.2 Å². The molecule has 1 aromatic carbocycles. The molecular formula is C11H14BrF2NO. The van der Waals surface area contributed by atoms with Crippen LogP contribution in [0.1, 0.15) is 18.5 Å². The smallest absolute Gasteiger partial charge is 0.145 e. The highest BCUT2D eigenvalue weighted by molar-refractivity contribution is 9.10. The second-order valence-electron chi connectivity index (χ2n) is 3.26. The molecule has 0 fully saturated rings. The molecule has 0 aliphatic heterocycles. The Hall–Kier alpha value is -0.520. The zero-order valence-electron chi connectivity index (χ0n) is 9.19. The van der Waals surface area contributed by atoms with Crippen molar-refractivity contribution in [1.29, 1.82) is 0 Å². The molecule has 1 atom stereocenters. The number of benzene rings is 1. The van der Waals surface area contributed by atoms with E-state index in [1.165, 1.54) is 12.1 Å².